The zero-order valence-corrected chi connectivity index (χ0v) is 17.3. The third-order valence-electron chi connectivity index (χ3n) is 6.13. The first-order chi connectivity index (χ1) is 14.5. The topological polar surface area (TPSA) is 61.2 Å². The SMILES string of the molecule is Cn1cc2c(c1)C(N=O)CCN(CCCN1CCN(c3ccc(F)cc3)CC1)C2=O. The zero-order chi connectivity index (χ0) is 21.1. The number of hydrogen-bond donors (Lipinski definition) is 0. The summed E-state index contributed by atoms with van der Waals surface area (Å²) in [5.74, 6) is -0.212. The van der Waals surface area contributed by atoms with Gasteiger partial charge in [-0.15, -0.1) is 0 Å². The number of carbonyl (C=O) groups is 1. The predicted octanol–water partition coefficient (Wildman–Crippen LogP) is 3.03. The van der Waals surface area contributed by atoms with Crippen LogP contribution in [0.1, 0.15) is 34.8 Å². The smallest absolute Gasteiger partial charge is 0.255 e. The van der Waals surface area contributed by atoms with E-state index in [2.05, 4.69) is 15.0 Å². The molecule has 0 bridgehead atoms. The summed E-state index contributed by atoms with van der Waals surface area (Å²) in [5.41, 5.74) is 2.41. The number of aromatic nitrogens is 1. The van der Waals surface area contributed by atoms with Gasteiger partial charge in [0.2, 0.25) is 0 Å². The highest BCUT2D eigenvalue weighted by atomic mass is 19.1. The van der Waals surface area contributed by atoms with Crippen LogP contribution in [-0.4, -0.2) is 66.1 Å². The zero-order valence-electron chi connectivity index (χ0n) is 17.3. The Hall–Kier alpha value is -2.74. The van der Waals surface area contributed by atoms with Crippen molar-refractivity contribution in [2.75, 3.05) is 50.7 Å². The van der Waals surface area contributed by atoms with Crippen LogP contribution in [0.2, 0.25) is 0 Å². The molecule has 1 unspecified atom stereocenters. The number of nitrogens with zero attached hydrogens (tertiary/aromatic N) is 5. The van der Waals surface area contributed by atoms with Crippen molar-refractivity contribution in [3.8, 4) is 0 Å². The summed E-state index contributed by atoms with van der Waals surface area (Å²) >= 11 is 0. The van der Waals surface area contributed by atoms with Gasteiger partial charge in [-0.05, 0) is 43.7 Å². The summed E-state index contributed by atoms with van der Waals surface area (Å²) < 4.78 is 14.9. The Balaban J connectivity index is 1.27. The molecule has 30 heavy (non-hydrogen) atoms. The minimum atomic E-state index is -0.449. The second-order valence-corrected chi connectivity index (χ2v) is 8.15. The standard InChI is InChI=1S/C22H28FN5O2/c1-25-15-19-20(16-25)22(29)28(10-7-21(19)24-30)9-2-8-26-11-13-27(14-12-26)18-5-3-17(23)4-6-18/h3-6,15-16,21H,2,7-14H2,1H3. The van der Waals surface area contributed by atoms with Gasteiger partial charge in [-0.3, -0.25) is 9.69 Å². The minimum Gasteiger partial charge on any atom is -0.369 e. The highest BCUT2D eigenvalue weighted by molar-refractivity contribution is 5.96. The lowest BCUT2D eigenvalue weighted by Crippen LogP contribution is -2.47. The molecule has 0 aliphatic carbocycles. The maximum absolute atomic E-state index is 13.1. The number of rotatable bonds is 6. The minimum absolute atomic E-state index is 0.00196. The van der Waals surface area contributed by atoms with Crippen molar-refractivity contribution in [3.63, 3.8) is 0 Å². The number of hydrogen-bond acceptors (Lipinski definition) is 5. The molecule has 4 rings (SSSR count). The maximum atomic E-state index is 13.1. The van der Waals surface area contributed by atoms with E-state index in [-0.39, 0.29) is 11.7 Å². The number of anilines is 1. The van der Waals surface area contributed by atoms with E-state index in [4.69, 9.17) is 0 Å². The van der Waals surface area contributed by atoms with Gasteiger partial charge >= 0.3 is 0 Å². The molecule has 1 fully saturated rings. The molecule has 2 aromatic rings. The molecule has 1 saturated heterocycles. The lowest BCUT2D eigenvalue weighted by molar-refractivity contribution is 0.0751. The van der Waals surface area contributed by atoms with Crippen LogP contribution in [-0.2, 0) is 7.05 Å². The molecular formula is C22H28FN5O2. The molecule has 3 heterocycles. The van der Waals surface area contributed by atoms with Crippen molar-refractivity contribution < 1.29 is 9.18 Å². The van der Waals surface area contributed by atoms with E-state index in [9.17, 15) is 14.1 Å². The third-order valence-corrected chi connectivity index (χ3v) is 6.13. The van der Waals surface area contributed by atoms with Crippen LogP contribution < -0.4 is 4.90 Å². The van der Waals surface area contributed by atoms with Gasteiger partial charge in [-0.2, -0.15) is 4.91 Å². The number of carbonyl (C=O) groups excluding carboxylic acids is 1. The number of benzene rings is 1. The van der Waals surface area contributed by atoms with Crippen molar-refractivity contribution in [1.29, 1.82) is 0 Å². The molecule has 160 valence electrons. The van der Waals surface area contributed by atoms with Crippen LogP contribution in [0.5, 0.6) is 0 Å². The average molecular weight is 413 g/mol. The first-order valence-corrected chi connectivity index (χ1v) is 10.6. The molecule has 1 amide bonds. The Morgan fingerprint density at radius 3 is 2.47 bits per heavy atom. The molecule has 7 nitrogen and oxygen atoms in total. The second kappa shape index (κ2) is 8.95. The fraction of sp³-hybridized carbons (Fsp3) is 0.500. The summed E-state index contributed by atoms with van der Waals surface area (Å²) in [4.78, 5) is 30.7. The molecule has 0 saturated carbocycles. The fourth-order valence-corrected chi connectivity index (χ4v) is 4.44. The van der Waals surface area contributed by atoms with E-state index >= 15 is 0 Å². The molecule has 1 aromatic heterocycles. The average Bonchev–Trinajstić information content (AvgIpc) is 3.10. The van der Waals surface area contributed by atoms with Crippen molar-refractivity contribution >= 4 is 11.6 Å². The number of fused-ring (bicyclic) bond motifs is 1. The third kappa shape index (κ3) is 4.38. The molecular weight excluding hydrogens is 385 g/mol. The lowest BCUT2D eigenvalue weighted by atomic mass is 10.1. The Labute approximate surface area is 176 Å². The summed E-state index contributed by atoms with van der Waals surface area (Å²) in [6.07, 6.45) is 5.10. The van der Waals surface area contributed by atoms with E-state index in [1.165, 1.54) is 12.1 Å². The maximum Gasteiger partial charge on any atom is 0.255 e. The normalized spacial score (nSPS) is 20.2. The quantitative estimate of drug-likeness (QED) is 0.683. The predicted molar refractivity (Wildman–Crippen MR) is 114 cm³/mol. The Morgan fingerprint density at radius 1 is 1.03 bits per heavy atom. The number of halogens is 1. The number of nitroso groups, excluding NO2 is 1. The molecule has 1 aromatic carbocycles. The Kier molecular flexibility index (Phi) is 6.13. The molecule has 8 heteroatoms. The van der Waals surface area contributed by atoms with E-state index in [0.29, 0.717) is 25.1 Å². The second-order valence-electron chi connectivity index (χ2n) is 8.15. The molecule has 2 aliphatic rings. The molecule has 0 radical (unpaired) electrons. The number of aryl methyl sites for hydroxylation is 1. The van der Waals surface area contributed by atoms with E-state index in [0.717, 1.165) is 50.4 Å². The van der Waals surface area contributed by atoms with Crippen molar-refractivity contribution in [2.45, 2.75) is 18.9 Å². The summed E-state index contributed by atoms with van der Waals surface area (Å²) in [5, 5.41) is 3.25. The van der Waals surface area contributed by atoms with Gasteiger partial charge in [0, 0.05) is 70.0 Å². The van der Waals surface area contributed by atoms with Gasteiger partial charge in [-0.1, -0.05) is 5.18 Å². The first-order valence-electron chi connectivity index (χ1n) is 10.6. The highest BCUT2D eigenvalue weighted by Crippen LogP contribution is 2.30. The molecule has 0 N–H and O–H groups in total. The summed E-state index contributed by atoms with van der Waals surface area (Å²) in [6, 6.07) is 6.21. The molecule has 1 atom stereocenters. The van der Waals surface area contributed by atoms with Crippen molar-refractivity contribution in [1.82, 2.24) is 14.4 Å². The van der Waals surface area contributed by atoms with Crippen LogP contribution in [0, 0.1) is 10.7 Å². The number of piperazine rings is 1. The number of amides is 1. The van der Waals surface area contributed by atoms with Crippen LogP contribution in [0.4, 0.5) is 10.1 Å². The molecule has 0 spiro atoms. The van der Waals surface area contributed by atoms with Gasteiger partial charge in [0.05, 0.1) is 5.56 Å². The Bertz CT molecular complexity index is 889. The van der Waals surface area contributed by atoms with Crippen LogP contribution >= 0.6 is 0 Å². The van der Waals surface area contributed by atoms with Crippen molar-refractivity contribution in [3.05, 3.63) is 58.5 Å². The lowest BCUT2D eigenvalue weighted by Gasteiger charge is -2.36. The van der Waals surface area contributed by atoms with Crippen LogP contribution in [0.15, 0.2) is 41.8 Å². The van der Waals surface area contributed by atoms with Crippen LogP contribution in [0.25, 0.3) is 0 Å². The summed E-state index contributed by atoms with van der Waals surface area (Å²) in [7, 11) is 1.86. The fourth-order valence-electron chi connectivity index (χ4n) is 4.44. The molecule has 2 aliphatic heterocycles. The first kappa shape index (κ1) is 20.5. The summed E-state index contributed by atoms with van der Waals surface area (Å²) in [6.45, 7) is 5.89. The van der Waals surface area contributed by atoms with Gasteiger partial charge in [0.25, 0.3) is 5.91 Å². The van der Waals surface area contributed by atoms with Gasteiger partial charge in [0.15, 0.2) is 0 Å². The van der Waals surface area contributed by atoms with Gasteiger partial charge in [0.1, 0.15) is 11.9 Å². The highest BCUT2D eigenvalue weighted by Gasteiger charge is 2.30. The van der Waals surface area contributed by atoms with Crippen LogP contribution in [0.3, 0.4) is 0 Å². The van der Waals surface area contributed by atoms with E-state index in [1.54, 1.807) is 6.20 Å². The largest absolute Gasteiger partial charge is 0.369 e. The Morgan fingerprint density at radius 2 is 1.77 bits per heavy atom. The van der Waals surface area contributed by atoms with E-state index < -0.39 is 6.04 Å². The van der Waals surface area contributed by atoms with Gasteiger partial charge in [-0.25, -0.2) is 4.39 Å². The monoisotopic (exact) mass is 413 g/mol. The van der Waals surface area contributed by atoms with Gasteiger partial charge < -0.3 is 14.4 Å². The van der Waals surface area contributed by atoms with Crippen molar-refractivity contribution in [2.24, 2.45) is 12.2 Å². The van der Waals surface area contributed by atoms with E-state index in [1.807, 2.05) is 34.8 Å².